The minimum absolute atomic E-state index is 0.218. The summed E-state index contributed by atoms with van der Waals surface area (Å²) in [4.78, 5) is 4.12. The number of aryl methyl sites for hydroxylation is 1. The summed E-state index contributed by atoms with van der Waals surface area (Å²) in [6.45, 7) is 2.34. The molecule has 82 valence electrons. The molecule has 0 atom stereocenters. The maximum absolute atomic E-state index is 13.0. The van der Waals surface area contributed by atoms with Gasteiger partial charge in [-0.1, -0.05) is 6.07 Å². The maximum Gasteiger partial charge on any atom is 0.123 e. The topological polar surface area (TPSA) is 38.9 Å². The molecular weight excluding hydrogens is 203 g/mol. The van der Waals surface area contributed by atoms with Crippen LogP contribution in [0.2, 0.25) is 0 Å². The molecule has 2 N–H and O–H groups in total. The van der Waals surface area contributed by atoms with Crippen molar-refractivity contribution in [1.29, 1.82) is 0 Å². The van der Waals surface area contributed by atoms with Gasteiger partial charge in [-0.3, -0.25) is 4.98 Å². The predicted octanol–water partition coefficient (Wildman–Crippen LogP) is 2.65. The monoisotopic (exact) mass is 216 g/mol. The smallest absolute Gasteiger partial charge is 0.123 e. The van der Waals surface area contributed by atoms with Gasteiger partial charge in [0.25, 0.3) is 0 Å². The van der Waals surface area contributed by atoms with E-state index in [0.717, 1.165) is 22.3 Å². The molecule has 0 aliphatic rings. The van der Waals surface area contributed by atoms with Crippen LogP contribution in [-0.2, 0) is 6.54 Å². The van der Waals surface area contributed by atoms with Gasteiger partial charge in [-0.15, -0.1) is 0 Å². The van der Waals surface area contributed by atoms with E-state index in [4.69, 9.17) is 5.73 Å². The number of benzene rings is 1. The van der Waals surface area contributed by atoms with Crippen LogP contribution in [0, 0.1) is 12.7 Å². The van der Waals surface area contributed by atoms with E-state index < -0.39 is 0 Å². The summed E-state index contributed by atoms with van der Waals surface area (Å²) in [5.41, 5.74) is 9.39. The zero-order valence-electron chi connectivity index (χ0n) is 9.07. The third-order valence-electron chi connectivity index (χ3n) is 2.53. The van der Waals surface area contributed by atoms with Crippen LogP contribution in [0.3, 0.4) is 0 Å². The van der Waals surface area contributed by atoms with Crippen molar-refractivity contribution in [2.24, 2.45) is 5.73 Å². The van der Waals surface area contributed by atoms with Crippen molar-refractivity contribution in [3.63, 3.8) is 0 Å². The molecule has 0 saturated heterocycles. The van der Waals surface area contributed by atoms with Crippen LogP contribution in [0.15, 0.2) is 36.7 Å². The standard InChI is InChI=1S/C13H13FN2/c1-9-4-12(14)2-3-13(9)11-5-10(6-15)7-16-8-11/h2-5,7-8H,6,15H2,1H3. The Morgan fingerprint density at radius 1 is 1.25 bits per heavy atom. The lowest BCUT2D eigenvalue weighted by molar-refractivity contribution is 0.627. The number of hydrogen-bond donors (Lipinski definition) is 1. The normalized spacial score (nSPS) is 10.4. The summed E-state index contributed by atoms with van der Waals surface area (Å²) >= 11 is 0. The molecular formula is C13H13FN2. The Balaban J connectivity index is 2.49. The van der Waals surface area contributed by atoms with E-state index in [9.17, 15) is 4.39 Å². The Kier molecular flexibility index (Phi) is 2.97. The lowest BCUT2D eigenvalue weighted by Gasteiger charge is -2.06. The SMILES string of the molecule is Cc1cc(F)ccc1-c1cncc(CN)c1. The third-order valence-corrected chi connectivity index (χ3v) is 2.53. The Morgan fingerprint density at radius 2 is 2.06 bits per heavy atom. The molecule has 0 spiro atoms. The molecule has 2 rings (SSSR count). The van der Waals surface area contributed by atoms with Crippen LogP contribution >= 0.6 is 0 Å². The molecule has 0 bridgehead atoms. The molecule has 0 unspecified atom stereocenters. The van der Waals surface area contributed by atoms with Gasteiger partial charge >= 0.3 is 0 Å². The highest BCUT2D eigenvalue weighted by Gasteiger charge is 2.04. The molecule has 1 aromatic carbocycles. The van der Waals surface area contributed by atoms with Crippen LogP contribution in [0.25, 0.3) is 11.1 Å². The molecule has 0 radical (unpaired) electrons. The Morgan fingerprint density at radius 3 is 2.75 bits per heavy atom. The van der Waals surface area contributed by atoms with Crippen LogP contribution < -0.4 is 5.73 Å². The van der Waals surface area contributed by atoms with Crippen molar-refractivity contribution < 1.29 is 4.39 Å². The van der Waals surface area contributed by atoms with E-state index in [1.807, 2.05) is 13.0 Å². The van der Waals surface area contributed by atoms with Gasteiger partial charge in [0, 0.05) is 24.5 Å². The van der Waals surface area contributed by atoms with Gasteiger partial charge in [-0.25, -0.2) is 4.39 Å². The molecule has 2 aromatic rings. The van der Waals surface area contributed by atoms with Crippen LogP contribution in [-0.4, -0.2) is 4.98 Å². The highest BCUT2D eigenvalue weighted by atomic mass is 19.1. The summed E-state index contributed by atoms with van der Waals surface area (Å²) in [6.07, 6.45) is 3.50. The number of rotatable bonds is 2. The molecule has 2 nitrogen and oxygen atoms in total. The van der Waals surface area contributed by atoms with E-state index in [2.05, 4.69) is 4.98 Å². The molecule has 0 aliphatic heterocycles. The minimum atomic E-state index is -0.218. The van der Waals surface area contributed by atoms with E-state index in [1.165, 1.54) is 12.1 Å². The van der Waals surface area contributed by atoms with Crippen LogP contribution in [0.1, 0.15) is 11.1 Å². The highest BCUT2D eigenvalue weighted by Crippen LogP contribution is 2.23. The summed E-state index contributed by atoms with van der Waals surface area (Å²) in [5.74, 6) is -0.218. The van der Waals surface area contributed by atoms with E-state index in [-0.39, 0.29) is 5.82 Å². The summed E-state index contributed by atoms with van der Waals surface area (Å²) in [5, 5.41) is 0. The van der Waals surface area contributed by atoms with Crippen molar-refractivity contribution in [2.75, 3.05) is 0 Å². The molecule has 3 heteroatoms. The second-order valence-corrected chi connectivity index (χ2v) is 3.75. The molecule has 0 aliphatic carbocycles. The zero-order valence-corrected chi connectivity index (χ0v) is 9.07. The third kappa shape index (κ3) is 2.09. The molecule has 0 fully saturated rings. The van der Waals surface area contributed by atoms with Crippen molar-refractivity contribution in [3.8, 4) is 11.1 Å². The Hall–Kier alpha value is -1.74. The summed E-state index contributed by atoms with van der Waals surface area (Å²) < 4.78 is 13.0. The first-order valence-corrected chi connectivity index (χ1v) is 5.11. The molecule has 16 heavy (non-hydrogen) atoms. The number of aromatic nitrogens is 1. The average Bonchev–Trinajstić information content (AvgIpc) is 2.29. The fourth-order valence-electron chi connectivity index (χ4n) is 1.70. The molecule has 1 aromatic heterocycles. The second kappa shape index (κ2) is 4.41. The Labute approximate surface area is 93.9 Å². The Bertz CT molecular complexity index is 509. The number of nitrogens with zero attached hydrogens (tertiary/aromatic N) is 1. The first-order chi connectivity index (χ1) is 7.70. The predicted molar refractivity (Wildman–Crippen MR) is 62.3 cm³/mol. The lowest BCUT2D eigenvalue weighted by Crippen LogP contribution is -1.97. The van der Waals surface area contributed by atoms with Gasteiger partial charge < -0.3 is 5.73 Å². The fraction of sp³-hybridized carbons (Fsp3) is 0.154. The van der Waals surface area contributed by atoms with Gasteiger partial charge in [-0.05, 0) is 41.8 Å². The van der Waals surface area contributed by atoms with E-state index in [0.29, 0.717) is 6.54 Å². The van der Waals surface area contributed by atoms with Crippen molar-refractivity contribution in [2.45, 2.75) is 13.5 Å². The van der Waals surface area contributed by atoms with Gasteiger partial charge in [0.05, 0.1) is 0 Å². The van der Waals surface area contributed by atoms with Crippen molar-refractivity contribution in [3.05, 3.63) is 53.6 Å². The molecule has 1 heterocycles. The van der Waals surface area contributed by atoms with Crippen molar-refractivity contribution in [1.82, 2.24) is 4.98 Å². The van der Waals surface area contributed by atoms with Gasteiger partial charge in [0.2, 0.25) is 0 Å². The molecule has 0 amide bonds. The summed E-state index contributed by atoms with van der Waals surface area (Å²) in [7, 11) is 0. The highest BCUT2D eigenvalue weighted by molar-refractivity contribution is 5.66. The fourth-order valence-corrected chi connectivity index (χ4v) is 1.70. The largest absolute Gasteiger partial charge is 0.326 e. The number of hydrogen-bond acceptors (Lipinski definition) is 2. The zero-order chi connectivity index (χ0) is 11.5. The first kappa shape index (κ1) is 10.8. The lowest BCUT2D eigenvalue weighted by atomic mass is 10.0. The second-order valence-electron chi connectivity index (χ2n) is 3.75. The van der Waals surface area contributed by atoms with Gasteiger partial charge in [0.1, 0.15) is 5.82 Å². The average molecular weight is 216 g/mol. The van der Waals surface area contributed by atoms with E-state index >= 15 is 0 Å². The van der Waals surface area contributed by atoms with Crippen LogP contribution in [0.4, 0.5) is 4.39 Å². The number of nitrogens with two attached hydrogens (primary N) is 1. The number of halogens is 1. The number of pyridine rings is 1. The quantitative estimate of drug-likeness (QED) is 0.838. The molecule has 0 saturated carbocycles. The maximum atomic E-state index is 13.0. The van der Waals surface area contributed by atoms with Crippen molar-refractivity contribution >= 4 is 0 Å². The van der Waals surface area contributed by atoms with E-state index in [1.54, 1.807) is 18.5 Å². The first-order valence-electron chi connectivity index (χ1n) is 5.11. The minimum Gasteiger partial charge on any atom is -0.326 e. The summed E-state index contributed by atoms with van der Waals surface area (Å²) in [6, 6.07) is 6.72. The van der Waals surface area contributed by atoms with Gasteiger partial charge in [-0.2, -0.15) is 0 Å². The van der Waals surface area contributed by atoms with Gasteiger partial charge in [0.15, 0.2) is 0 Å². The van der Waals surface area contributed by atoms with Crippen LogP contribution in [0.5, 0.6) is 0 Å².